The number of aryl methyl sites for hydroxylation is 1. The van der Waals surface area contributed by atoms with Gasteiger partial charge in [0.05, 0.1) is 0 Å². The van der Waals surface area contributed by atoms with E-state index < -0.39 is 12.8 Å². The van der Waals surface area contributed by atoms with Gasteiger partial charge in [0.2, 0.25) is 0 Å². The van der Waals surface area contributed by atoms with Crippen molar-refractivity contribution in [1.29, 1.82) is 0 Å². The fourth-order valence-corrected chi connectivity index (χ4v) is 4.73. The topological polar surface area (TPSA) is 77.8 Å². The Labute approximate surface area is 146 Å². The second kappa shape index (κ2) is 6.49. The molecule has 3 aromatic carbocycles. The molecule has 3 aromatic rings. The molecule has 5 heteroatoms. The molecule has 128 valence electrons. The molecular weight excluding hydrogens is 335 g/mol. The van der Waals surface area contributed by atoms with Crippen LogP contribution in [0.1, 0.15) is 22.3 Å². The number of rotatable bonds is 4. The summed E-state index contributed by atoms with van der Waals surface area (Å²) in [5.41, 5.74) is 1.85. The Balaban J connectivity index is 2.51. The molecule has 3 N–H and O–H groups in total. The summed E-state index contributed by atoms with van der Waals surface area (Å²) in [6.45, 7) is 1.82. The van der Waals surface area contributed by atoms with Crippen molar-refractivity contribution in [3.8, 4) is 5.75 Å². The van der Waals surface area contributed by atoms with Gasteiger partial charge in [-0.1, -0.05) is 78.4 Å². The van der Waals surface area contributed by atoms with Crippen molar-refractivity contribution in [1.82, 2.24) is 0 Å². The largest absolute Gasteiger partial charge is 0.508 e. The fourth-order valence-electron chi connectivity index (χ4n) is 3.27. The van der Waals surface area contributed by atoms with E-state index in [1.807, 2.05) is 6.92 Å². The second-order valence-corrected chi connectivity index (χ2v) is 7.77. The number of phenols is 1. The molecule has 0 radical (unpaired) electrons. The highest BCUT2D eigenvalue weighted by molar-refractivity contribution is 7.53. The van der Waals surface area contributed by atoms with Crippen LogP contribution >= 0.6 is 7.60 Å². The molecule has 0 aliphatic carbocycles. The minimum atomic E-state index is -4.78. The molecule has 0 amide bonds. The van der Waals surface area contributed by atoms with Crippen LogP contribution in [0.5, 0.6) is 5.75 Å². The molecule has 0 aliphatic rings. The Morgan fingerprint density at radius 2 is 1.28 bits per heavy atom. The van der Waals surface area contributed by atoms with Gasteiger partial charge in [-0.3, -0.25) is 4.57 Å². The van der Waals surface area contributed by atoms with Crippen molar-refractivity contribution in [3.05, 3.63) is 101 Å². The van der Waals surface area contributed by atoms with E-state index in [0.29, 0.717) is 11.1 Å². The van der Waals surface area contributed by atoms with Crippen LogP contribution in [-0.4, -0.2) is 14.9 Å². The van der Waals surface area contributed by atoms with Crippen LogP contribution in [-0.2, 0) is 9.72 Å². The van der Waals surface area contributed by atoms with Gasteiger partial charge < -0.3 is 14.9 Å². The monoisotopic (exact) mass is 354 g/mol. The van der Waals surface area contributed by atoms with Gasteiger partial charge in [-0.2, -0.15) is 0 Å². The zero-order valence-electron chi connectivity index (χ0n) is 13.7. The maximum atomic E-state index is 12.9. The third kappa shape index (κ3) is 2.89. The number of hydrogen-bond donors (Lipinski definition) is 3. The summed E-state index contributed by atoms with van der Waals surface area (Å²) in [5.74, 6) is -0.151. The van der Waals surface area contributed by atoms with Gasteiger partial charge in [0.15, 0.2) is 5.16 Å². The summed E-state index contributed by atoms with van der Waals surface area (Å²) in [6.07, 6.45) is 0. The van der Waals surface area contributed by atoms with Crippen molar-refractivity contribution in [2.24, 2.45) is 0 Å². The first-order chi connectivity index (χ1) is 11.9. The van der Waals surface area contributed by atoms with Gasteiger partial charge >= 0.3 is 7.60 Å². The summed E-state index contributed by atoms with van der Waals surface area (Å²) in [5, 5.41) is 8.73. The lowest BCUT2D eigenvalue weighted by atomic mass is 9.83. The molecule has 0 bridgehead atoms. The minimum absolute atomic E-state index is 0.151. The van der Waals surface area contributed by atoms with Crippen LogP contribution in [0, 0.1) is 6.92 Å². The molecule has 0 saturated heterocycles. The first-order valence-electron chi connectivity index (χ1n) is 7.84. The lowest BCUT2D eigenvalue weighted by Gasteiger charge is -2.36. The first-order valence-corrected chi connectivity index (χ1v) is 9.45. The molecule has 0 saturated carbocycles. The van der Waals surface area contributed by atoms with Crippen LogP contribution in [0.4, 0.5) is 0 Å². The fraction of sp³-hybridized carbons (Fsp3) is 0.100. The van der Waals surface area contributed by atoms with Crippen LogP contribution in [0.25, 0.3) is 0 Å². The molecule has 0 fully saturated rings. The predicted octanol–water partition coefficient (Wildman–Crippen LogP) is 4.17. The van der Waals surface area contributed by atoms with E-state index in [9.17, 15) is 19.5 Å². The lowest BCUT2D eigenvalue weighted by Crippen LogP contribution is -2.29. The smallest absolute Gasteiger partial charge is 0.344 e. The highest BCUT2D eigenvalue weighted by Crippen LogP contribution is 2.65. The van der Waals surface area contributed by atoms with E-state index >= 15 is 0 Å². The quantitative estimate of drug-likeness (QED) is 0.485. The van der Waals surface area contributed by atoms with Gasteiger partial charge in [-0.25, -0.2) is 0 Å². The van der Waals surface area contributed by atoms with Gasteiger partial charge in [0, 0.05) is 5.56 Å². The van der Waals surface area contributed by atoms with Crippen molar-refractivity contribution in [2.45, 2.75) is 12.1 Å². The number of benzene rings is 3. The van der Waals surface area contributed by atoms with Crippen LogP contribution in [0.15, 0.2) is 78.9 Å². The van der Waals surface area contributed by atoms with Gasteiger partial charge in [0.1, 0.15) is 5.75 Å². The van der Waals surface area contributed by atoms with Gasteiger partial charge in [-0.05, 0) is 24.1 Å². The molecule has 0 aromatic heterocycles. The van der Waals surface area contributed by atoms with E-state index in [4.69, 9.17) is 0 Å². The Morgan fingerprint density at radius 1 is 0.800 bits per heavy atom. The van der Waals surface area contributed by atoms with E-state index in [-0.39, 0.29) is 11.3 Å². The third-order valence-electron chi connectivity index (χ3n) is 4.36. The highest BCUT2D eigenvalue weighted by atomic mass is 31.2. The summed E-state index contributed by atoms with van der Waals surface area (Å²) < 4.78 is 12.9. The molecule has 0 heterocycles. The molecule has 0 atom stereocenters. The standard InChI is InChI=1S/C20H19O4P/c1-15-12-13-19(21)18(14-15)20(25(22,23)24,16-8-4-2-5-9-16)17-10-6-3-7-11-17/h2-14,21H,1H3,(H2,22,23,24). The molecule has 0 aliphatic heterocycles. The van der Waals surface area contributed by atoms with Crippen LogP contribution < -0.4 is 0 Å². The number of aromatic hydroxyl groups is 1. The van der Waals surface area contributed by atoms with E-state index in [1.165, 1.54) is 6.07 Å². The zero-order valence-corrected chi connectivity index (χ0v) is 14.6. The van der Waals surface area contributed by atoms with Crippen molar-refractivity contribution < 1.29 is 19.5 Å². The van der Waals surface area contributed by atoms with Crippen molar-refractivity contribution in [3.63, 3.8) is 0 Å². The SMILES string of the molecule is Cc1ccc(O)c(C(c2ccccc2)(c2ccccc2)P(=O)(O)O)c1. The minimum Gasteiger partial charge on any atom is -0.508 e. The number of phenolic OH excluding ortho intramolecular Hbond substituents is 1. The summed E-state index contributed by atoms with van der Waals surface area (Å²) in [7, 11) is -4.78. The molecule has 0 spiro atoms. The summed E-state index contributed by atoms with van der Waals surface area (Å²) in [4.78, 5) is 21.0. The first kappa shape index (κ1) is 17.4. The van der Waals surface area contributed by atoms with E-state index in [0.717, 1.165) is 5.56 Å². The summed E-state index contributed by atoms with van der Waals surface area (Å²) in [6, 6.07) is 22.0. The Kier molecular flexibility index (Phi) is 4.53. The van der Waals surface area contributed by atoms with Gasteiger partial charge in [-0.15, -0.1) is 0 Å². The Bertz CT molecular complexity index is 877. The Morgan fingerprint density at radius 3 is 1.72 bits per heavy atom. The number of hydrogen-bond acceptors (Lipinski definition) is 2. The van der Waals surface area contributed by atoms with Crippen molar-refractivity contribution in [2.75, 3.05) is 0 Å². The predicted molar refractivity (Wildman–Crippen MR) is 97.7 cm³/mol. The molecule has 25 heavy (non-hydrogen) atoms. The maximum absolute atomic E-state index is 12.9. The van der Waals surface area contributed by atoms with E-state index in [1.54, 1.807) is 72.8 Å². The third-order valence-corrected chi connectivity index (χ3v) is 5.99. The van der Waals surface area contributed by atoms with Crippen LogP contribution in [0.2, 0.25) is 0 Å². The van der Waals surface area contributed by atoms with Gasteiger partial charge in [0.25, 0.3) is 0 Å². The lowest BCUT2D eigenvalue weighted by molar-refractivity contribution is 0.346. The molecular formula is C20H19O4P. The zero-order chi connectivity index (χ0) is 18.1. The normalized spacial score (nSPS) is 12.1. The van der Waals surface area contributed by atoms with Crippen molar-refractivity contribution >= 4 is 7.60 Å². The summed E-state index contributed by atoms with van der Waals surface area (Å²) >= 11 is 0. The molecule has 0 unspecified atom stereocenters. The molecule has 3 rings (SSSR count). The Hall–Kier alpha value is -2.39. The van der Waals surface area contributed by atoms with E-state index in [2.05, 4.69) is 0 Å². The average Bonchev–Trinajstić information content (AvgIpc) is 2.59. The van der Waals surface area contributed by atoms with Crippen LogP contribution in [0.3, 0.4) is 0 Å². The highest BCUT2D eigenvalue weighted by Gasteiger charge is 2.52. The second-order valence-electron chi connectivity index (χ2n) is 6.01. The average molecular weight is 354 g/mol. The molecule has 4 nitrogen and oxygen atoms in total. The maximum Gasteiger partial charge on any atom is 0.344 e.